The van der Waals surface area contributed by atoms with Crippen LogP contribution in [0.1, 0.15) is 16.4 Å². The maximum atomic E-state index is 13.8. The van der Waals surface area contributed by atoms with E-state index in [1.54, 1.807) is 24.3 Å². The molecule has 3 atom stereocenters. The number of anilines is 2. The number of para-hydroxylation sites is 1. The van der Waals surface area contributed by atoms with E-state index >= 15 is 0 Å². The fourth-order valence-corrected chi connectivity index (χ4v) is 7.76. The Morgan fingerprint density at radius 1 is 0.868 bits per heavy atom. The molecule has 6 rings (SSSR count). The van der Waals surface area contributed by atoms with Gasteiger partial charge in [0, 0.05) is 16.5 Å². The van der Waals surface area contributed by atoms with Crippen LogP contribution in [0, 0.1) is 11.7 Å². The van der Waals surface area contributed by atoms with Gasteiger partial charge in [0.25, 0.3) is 0 Å². The van der Waals surface area contributed by atoms with Gasteiger partial charge in [0.1, 0.15) is 17.6 Å². The van der Waals surface area contributed by atoms with E-state index in [2.05, 4.69) is 5.32 Å². The van der Waals surface area contributed by atoms with Crippen LogP contribution in [-0.4, -0.2) is 27.5 Å². The summed E-state index contributed by atoms with van der Waals surface area (Å²) in [7, 11) is 0. The van der Waals surface area contributed by atoms with Crippen LogP contribution in [0.2, 0.25) is 0 Å². The second kappa shape index (κ2) is 9.70. The Kier molecular flexibility index (Phi) is 6.21. The number of nitrogens with zero attached hydrogens (tertiary/aromatic N) is 2. The lowest BCUT2D eigenvalue weighted by Crippen LogP contribution is -2.33. The largest absolute Gasteiger partial charge is 0.325 e. The van der Waals surface area contributed by atoms with E-state index in [1.807, 2.05) is 36.4 Å². The number of carbonyl (C=O) groups is 3. The lowest BCUT2D eigenvalue weighted by Gasteiger charge is -2.30. The first kappa shape index (κ1) is 24.3. The van der Waals surface area contributed by atoms with Crippen molar-refractivity contribution in [2.75, 3.05) is 10.2 Å². The minimum atomic E-state index is -0.803. The number of amides is 3. The highest BCUT2D eigenvalue weighted by Crippen LogP contribution is 2.53. The van der Waals surface area contributed by atoms with Crippen LogP contribution in [0.3, 0.4) is 0 Å². The minimum absolute atomic E-state index is 0.227. The lowest BCUT2D eigenvalue weighted by atomic mass is 9.83. The molecule has 3 heterocycles. The summed E-state index contributed by atoms with van der Waals surface area (Å²) in [5.41, 5.74) is 1.70. The number of aromatic nitrogens is 1. The van der Waals surface area contributed by atoms with Crippen molar-refractivity contribution in [2.45, 2.75) is 22.7 Å². The number of carbonyl (C=O) groups excluding carboxylic acids is 3. The van der Waals surface area contributed by atoms with Crippen molar-refractivity contribution in [3.05, 3.63) is 111 Å². The molecule has 1 fully saturated rings. The van der Waals surface area contributed by atoms with E-state index < -0.39 is 34.7 Å². The second-order valence-corrected chi connectivity index (χ2v) is 11.1. The molecule has 38 heavy (non-hydrogen) atoms. The van der Waals surface area contributed by atoms with E-state index in [-0.39, 0.29) is 17.3 Å². The molecule has 0 radical (unpaired) electrons. The first-order chi connectivity index (χ1) is 18.4. The molecule has 0 spiro atoms. The van der Waals surface area contributed by atoms with Gasteiger partial charge in [-0.1, -0.05) is 71.6 Å². The van der Waals surface area contributed by atoms with Gasteiger partial charge in [0.2, 0.25) is 17.7 Å². The number of thioether (sulfide) groups is 1. The van der Waals surface area contributed by atoms with Crippen LogP contribution in [0.15, 0.2) is 94.7 Å². The fraction of sp³-hybridized carbons (Fsp3) is 0.143. The molecule has 3 unspecified atom stereocenters. The van der Waals surface area contributed by atoms with Gasteiger partial charge in [-0.05, 0) is 42.0 Å². The highest BCUT2D eigenvalue weighted by molar-refractivity contribution is 8.00. The molecular weight excluding hydrogens is 525 g/mol. The number of hydrogen-bond donors (Lipinski definition) is 1. The third-order valence-corrected chi connectivity index (χ3v) is 9.26. The van der Waals surface area contributed by atoms with Crippen LogP contribution < -0.4 is 15.1 Å². The summed E-state index contributed by atoms with van der Waals surface area (Å²) in [6, 6.07) is 23.4. The topological polar surface area (TPSA) is 88.5 Å². The van der Waals surface area contributed by atoms with Gasteiger partial charge < -0.3 is 5.32 Å². The molecule has 1 saturated heterocycles. The molecule has 1 N–H and O–H groups in total. The number of benzene rings is 3. The van der Waals surface area contributed by atoms with Crippen molar-refractivity contribution in [1.29, 1.82) is 0 Å². The third kappa shape index (κ3) is 4.15. The van der Waals surface area contributed by atoms with Gasteiger partial charge >= 0.3 is 4.87 Å². The van der Waals surface area contributed by atoms with E-state index in [0.717, 1.165) is 33.6 Å². The van der Waals surface area contributed by atoms with Crippen LogP contribution in [0.5, 0.6) is 0 Å². The summed E-state index contributed by atoms with van der Waals surface area (Å²) < 4.78 is 14.9. The van der Waals surface area contributed by atoms with E-state index in [0.29, 0.717) is 21.3 Å². The van der Waals surface area contributed by atoms with E-state index in [9.17, 15) is 23.6 Å². The van der Waals surface area contributed by atoms with E-state index in [4.69, 9.17) is 0 Å². The molecule has 10 heteroatoms. The molecule has 0 bridgehead atoms. The third-order valence-electron chi connectivity index (χ3n) is 6.65. The van der Waals surface area contributed by atoms with Crippen LogP contribution in [0.25, 0.3) is 0 Å². The normalized spacial score (nSPS) is 20.2. The average Bonchev–Trinajstić information content (AvgIpc) is 3.36. The highest BCUT2D eigenvalue weighted by atomic mass is 32.2. The Bertz CT molecular complexity index is 1600. The van der Waals surface area contributed by atoms with Gasteiger partial charge in [0.05, 0.1) is 16.6 Å². The number of thiazole rings is 1. The second-order valence-electron chi connectivity index (χ2n) is 8.98. The summed E-state index contributed by atoms with van der Waals surface area (Å²) in [5.74, 6) is -2.97. The first-order valence-corrected chi connectivity index (χ1v) is 13.6. The molecule has 1 aromatic heterocycles. The van der Waals surface area contributed by atoms with Crippen molar-refractivity contribution in [1.82, 2.24) is 4.57 Å². The first-order valence-electron chi connectivity index (χ1n) is 11.9. The summed E-state index contributed by atoms with van der Waals surface area (Å²) in [6.07, 6.45) is 0. The predicted molar refractivity (Wildman–Crippen MR) is 144 cm³/mol. The Labute approximate surface area is 224 Å². The summed E-state index contributed by atoms with van der Waals surface area (Å²) in [4.78, 5) is 54.8. The van der Waals surface area contributed by atoms with Gasteiger partial charge in [-0.15, -0.1) is 0 Å². The van der Waals surface area contributed by atoms with Gasteiger partial charge in [-0.3, -0.25) is 23.7 Å². The number of imide groups is 1. The van der Waals surface area contributed by atoms with E-state index in [1.165, 1.54) is 28.8 Å². The Morgan fingerprint density at radius 3 is 2.21 bits per heavy atom. The van der Waals surface area contributed by atoms with Gasteiger partial charge in [-0.25, -0.2) is 9.29 Å². The number of nitrogens with one attached hydrogen (secondary N) is 1. The number of hydrogen-bond acceptors (Lipinski definition) is 6. The van der Waals surface area contributed by atoms with Crippen molar-refractivity contribution < 1.29 is 18.8 Å². The Hall–Kier alpha value is -4.02. The zero-order valence-corrected chi connectivity index (χ0v) is 21.4. The molecule has 190 valence electrons. The van der Waals surface area contributed by atoms with Gasteiger partial charge in [0.15, 0.2) is 0 Å². The van der Waals surface area contributed by atoms with Crippen molar-refractivity contribution in [2.24, 2.45) is 5.92 Å². The van der Waals surface area contributed by atoms with Crippen molar-refractivity contribution in [3.63, 3.8) is 0 Å². The monoisotopic (exact) mass is 545 g/mol. The minimum Gasteiger partial charge on any atom is -0.325 e. The smallest absolute Gasteiger partial charge is 0.308 e. The van der Waals surface area contributed by atoms with Crippen LogP contribution in [0.4, 0.5) is 15.8 Å². The SMILES string of the molecule is O=C(Cn1c2c(sc1=O)C(c1ccccc1)C1C(=O)N(c3ccc(F)cc3)C(=O)C1S2)Nc1ccccc1. The number of fused-ring (bicyclic) bond motifs is 2. The zero-order chi connectivity index (χ0) is 26.4. The fourth-order valence-electron chi connectivity index (χ4n) is 4.99. The van der Waals surface area contributed by atoms with Crippen molar-refractivity contribution in [3.8, 4) is 0 Å². The van der Waals surface area contributed by atoms with Crippen LogP contribution in [-0.2, 0) is 20.9 Å². The number of rotatable bonds is 5. The highest BCUT2D eigenvalue weighted by Gasteiger charge is 2.56. The quantitative estimate of drug-likeness (QED) is 0.374. The molecular formula is C28H20FN3O4S2. The van der Waals surface area contributed by atoms with Gasteiger partial charge in [-0.2, -0.15) is 0 Å². The molecule has 4 aromatic rings. The molecule has 3 aromatic carbocycles. The standard InChI is InChI=1S/C28H20FN3O4S2/c29-17-11-13-19(14-12-17)32-25(34)22-21(16-7-3-1-4-8-16)24-27(37-23(22)26(32)35)31(28(36)38-24)15-20(33)30-18-9-5-2-6-10-18/h1-14,21-23H,15H2,(H,30,33). The maximum absolute atomic E-state index is 13.8. The number of halogens is 1. The molecule has 2 aliphatic rings. The van der Waals surface area contributed by atoms with Crippen molar-refractivity contribution >= 4 is 52.2 Å². The summed E-state index contributed by atoms with van der Waals surface area (Å²) in [5, 5.41) is 2.50. The summed E-state index contributed by atoms with van der Waals surface area (Å²) in [6.45, 7) is -0.227. The average molecular weight is 546 g/mol. The Balaban J connectivity index is 1.41. The molecule has 0 aliphatic carbocycles. The lowest BCUT2D eigenvalue weighted by molar-refractivity contribution is -0.122. The van der Waals surface area contributed by atoms with Crippen LogP contribution >= 0.6 is 23.1 Å². The molecule has 7 nitrogen and oxygen atoms in total. The zero-order valence-electron chi connectivity index (χ0n) is 19.7. The molecule has 0 saturated carbocycles. The predicted octanol–water partition coefficient (Wildman–Crippen LogP) is 4.48. The maximum Gasteiger partial charge on any atom is 0.308 e. The molecule has 3 amide bonds. The summed E-state index contributed by atoms with van der Waals surface area (Å²) >= 11 is 2.14. The Morgan fingerprint density at radius 2 is 1.53 bits per heavy atom. The molecule has 2 aliphatic heterocycles.